The van der Waals surface area contributed by atoms with Gasteiger partial charge in [-0.2, -0.15) is 0 Å². The lowest BCUT2D eigenvalue weighted by Gasteiger charge is -2.37. The number of nitrogens with two attached hydrogens (primary N) is 1. The average Bonchev–Trinajstić information content (AvgIpc) is 2.44. The van der Waals surface area contributed by atoms with Crippen LogP contribution in [0.15, 0.2) is 0 Å². The molecule has 112 valence electrons. The molecule has 0 spiro atoms. The largest absolute Gasteiger partial charge is 0.355 e. The van der Waals surface area contributed by atoms with Crippen molar-refractivity contribution in [2.24, 2.45) is 5.73 Å². The van der Waals surface area contributed by atoms with E-state index in [0.29, 0.717) is 6.54 Å². The van der Waals surface area contributed by atoms with Gasteiger partial charge in [-0.05, 0) is 13.3 Å². The van der Waals surface area contributed by atoms with E-state index in [1.807, 2.05) is 6.92 Å². The number of rotatable bonds is 8. The van der Waals surface area contributed by atoms with E-state index >= 15 is 0 Å². The number of hydrogen-bond acceptors (Lipinski definition) is 4. The van der Waals surface area contributed by atoms with Gasteiger partial charge in [0.1, 0.15) is 0 Å². The highest BCUT2D eigenvalue weighted by Gasteiger charge is 2.24. The Balaban J connectivity index is 2.22. The van der Waals surface area contributed by atoms with Crippen LogP contribution in [0.25, 0.3) is 0 Å². The van der Waals surface area contributed by atoms with Gasteiger partial charge in [0.2, 0.25) is 5.91 Å². The van der Waals surface area contributed by atoms with Gasteiger partial charge in [-0.3, -0.25) is 14.6 Å². The molecule has 0 aromatic carbocycles. The normalized spacial score (nSPS) is 19.3. The van der Waals surface area contributed by atoms with Crippen LogP contribution in [0.2, 0.25) is 0 Å². The zero-order valence-electron chi connectivity index (χ0n) is 12.5. The fourth-order valence-corrected chi connectivity index (χ4v) is 2.46. The van der Waals surface area contributed by atoms with Crippen molar-refractivity contribution >= 4 is 5.91 Å². The van der Waals surface area contributed by atoms with Gasteiger partial charge in [0, 0.05) is 45.8 Å². The molecular formula is C14H30N4O. The molecule has 1 saturated heterocycles. The van der Waals surface area contributed by atoms with Crippen molar-refractivity contribution in [3.63, 3.8) is 0 Å². The van der Waals surface area contributed by atoms with Gasteiger partial charge in [0.15, 0.2) is 0 Å². The van der Waals surface area contributed by atoms with Gasteiger partial charge in [-0.25, -0.2) is 0 Å². The Kier molecular flexibility index (Phi) is 8.02. The van der Waals surface area contributed by atoms with Crippen LogP contribution < -0.4 is 11.1 Å². The number of amides is 1. The second-order valence-electron chi connectivity index (χ2n) is 5.34. The highest BCUT2D eigenvalue weighted by atomic mass is 16.2. The molecule has 1 amide bonds. The molecule has 1 fully saturated rings. The van der Waals surface area contributed by atoms with E-state index < -0.39 is 0 Å². The maximum atomic E-state index is 12.0. The maximum absolute atomic E-state index is 12.0. The molecule has 1 aliphatic heterocycles. The molecule has 3 N–H and O–H groups in total. The molecule has 5 nitrogen and oxygen atoms in total. The fraction of sp³-hybridized carbons (Fsp3) is 0.929. The molecule has 1 unspecified atom stereocenters. The zero-order chi connectivity index (χ0) is 14.1. The summed E-state index contributed by atoms with van der Waals surface area (Å²) in [5.41, 5.74) is 5.56. The van der Waals surface area contributed by atoms with Crippen LogP contribution in [0.4, 0.5) is 0 Å². The summed E-state index contributed by atoms with van der Waals surface area (Å²) in [5.74, 6) is 0.170. The van der Waals surface area contributed by atoms with Gasteiger partial charge in [0.05, 0.1) is 6.04 Å². The van der Waals surface area contributed by atoms with E-state index in [1.54, 1.807) is 0 Å². The van der Waals surface area contributed by atoms with Crippen molar-refractivity contribution in [1.29, 1.82) is 0 Å². The van der Waals surface area contributed by atoms with Crippen LogP contribution in [0.5, 0.6) is 0 Å². The molecule has 1 heterocycles. The Labute approximate surface area is 117 Å². The van der Waals surface area contributed by atoms with Crippen molar-refractivity contribution in [2.45, 2.75) is 39.2 Å². The summed E-state index contributed by atoms with van der Waals surface area (Å²) in [6.45, 7) is 10.6. The first-order chi connectivity index (χ1) is 9.19. The Hall–Kier alpha value is -0.650. The van der Waals surface area contributed by atoms with Crippen LogP contribution in [-0.4, -0.2) is 67.6 Å². The SMILES string of the molecule is CCCCCNC(=O)C(C)N1CCN(CCN)CC1. The number of hydrogen-bond donors (Lipinski definition) is 2. The maximum Gasteiger partial charge on any atom is 0.237 e. The summed E-state index contributed by atoms with van der Waals surface area (Å²) >= 11 is 0. The molecule has 5 heteroatoms. The first kappa shape index (κ1) is 16.4. The summed E-state index contributed by atoms with van der Waals surface area (Å²) in [6.07, 6.45) is 3.46. The summed E-state index contributed by atoms with van der Waals surface area (Å²) < 4.78 is 0. The smallest absolute Gasteiger partial charge is 0.237 e. The molecule has 0 saturated carbocycles. The van der Waals surface area contributed by atoms with Gasteiger partial charge >= 0.3 is 0 Å². The topological polar surface area (TPSA) is 61.6 Å². The van der Waals surface area contributed by atoms with E-state index in [2.05, 4.69) is 22.0 Å². The van der Waals surface area contributed by atoms with E-state index in [9.17, 15) is 4.79 Å². The molecule has 1 aliphatic rings. The third kappa shape index (κ3) is 5.89. The fourth-order valence-electron chi connectivity index (χ4n) is 2.46. The van der Waals surface area contributed by atoms with Gasteiger partial charge in [0.25, 0.3) is 0 Å². The summed E-state index contributed by atoms with van der Waals surface area (Å²) in [7, 11) is 0. The minimum absolute atomic E-state index is 0.0124. The quantitative estimate of drug-likeness (QED) is 0.621. The lowest BCUT2D eigenvalue weighted by molar-refractivity contribution is -0.126. The summed E-state index contributed by atoms with van der Waals surface area (Å²) in [4.78, 5) is 16.7. The molecule has 0 aliphatic carbocycles. The van der Waals surface area contributed by atoms with E-state index in [4.69, 9.17) is 5.73 Å². The van der Waals surface area contributed by atoms with Crippen molar-refractivity contribution in [2.75, 3.05) is 45.8 Å². The predicted octanol–water partition coefficient (Wildman–Crippen LogP) is 0.258. The van der Waals surface area contributed by atoms with E-state index in [-0.39, 0.29) is 11.9 Å². The molecule has 0 bridgehead atoms. The number of piperazine rings is 1. The lowest BCUT2D eigenvalue weighted by Crippen LogP contribution is -2.54. The standard InChI is InChI=1S/C14H30N4O/c1-3-4-5-7-16-14(19)13(2)18-11-9-17(8-6-15)10-12-18/h13H,3-12,15H2,1-2H3,(H,16,19). The molecule has 1 atom stereocenters. The van der Waals surface area contributed by atoms with Crippen molar-refractivity contribution in [1.82, 2.24) is 15.1 Å². The Morgan fingerprint density at radius 2 is 1.95 bits per heavy atom. The predicted molar refractivity (Wildman–Crippen MR) is 79.1 cm³/mol. The van der Waals surface area contributed by atoms with Crippen molar-refractivity contribution < 1.29 is 4.79 Å². The Morgan fingerprint density at radius 1 is 1.26 bits per heavy atom. The minimum atomic E-state index is -0.0124. The monoisotopic (exact) mass is 270 g/mol. The van der Waals surface area contributed by atoms with Crippen LogP contribution in [0.1, 0.15) is 33.1 Å². The molecule has 1 rings (SSSR count). The number of carbonyl (C=O) groups is 1. The third-order valence-corrected chi connectivity index (χ3v) is 3.86. The highest BCUT2D eigenvalue weighted by Crippen LogP contribution is 2.06. The van der Waals surface area contributed by atoms with E-state index in [0.717, 1.165) is 45.7 Å². The van der Waals surface area contributed by atoms with Crippen LogP contribution >= 0.6 is 0 Å². The second kappa shape index (κ2) is 9.28. The highest BCUT2D eigenvalue weighted by molar-refractivity contribution is 5.81. The summed E-state index contributed by atoms with van der Waals surface area (Å²) in [6, 6.07) is -0.0124. The van der Waals surface area contributed by atoms with Gasteiger partial charge in [-0.15, -0.1) is 0 Å². The average molecular weight is 270 g/mol. The Bertz CT molecular complexity index is 252. The summed E-state index contributed by atoms with van der Waals surface area (Å²) in [5, 5.41) is 3.04. The van der Waals surface area contributed by atoms with Crippen molar-refractivity contribution in [3.05, 3.63) is 0 Å². The van der Waals surface area contributed by atoms with Gasteiger partial charge < -0.3 is 11.1 Å². The lowest BCUT2D eigenvalue weighted by atomic mass is 10.2. The molecule has 0 radical (unpaired) electrons. The zero-order valence-corrected chi connectivity index (χ0v) is 12.5. The second-order valence-corrected chi connectivity index (χ2v) is 5.34. The van der Waals surface area contributed by atoms with Crippen LogP contribution in [-0.2, 0) is 4.79 Å². The molecular weight excluding hydrogens is 240 g/mol. The molecule has 0 aromatic rings. The number of carbonyl (C=O) groups excluding carboxylic acids is 1. The number of unbranched alkanes of at least 4 members (excludes halogenated alkanes) is 2. The minimum Gasteiger partial charge on any atom is -0.355 e. The number of nitrogens with one attached hydrogen (secondary N) is 1. The number of nitrogens with zero attached hydrogens (tertiary/aromatic N) is 2. The van der Waals surface area contributed by atoms with Gasteiger partial charge in [-0.1, -0.05) is 19.8 Å². The third-order valence-electron chi connectivity index (χ3n) is 3.86. The van der Waals surface area contributed by atoms with Crippen molar-refractivity contribution in [3.8, 4) is 0 Å². The molecule has 19 heavy (non-hydrogen) atoms. The van der Waals surface area contributed by atoms with Crippen LogP contribution in [0, 0.1) is 0 Å². The Morgan fingerprint density at radius 3 is 2.53 bits per heavy atom. The van der Waals surface area contributed by atoms with E-state index in [1.165, 1.54) is 12.8 Å². The first-order valence-corrected chi connectivity index (χ1v) is 7.63. The molecule has 0 aromatic heterocycles. The first-order valence-electron chi connectivity index (χ1n) is 7.63. The van der Waals surface area contributed by atoms with Crippen LogP contribution in [0.3, 0.4) is 0 Å².